The molecule has 0 radical (unpaired) electrons. The van der Waals surface area contributed by atoms with Gasteiger partial charge in [0.25, 0.3) is 0 Å². The van der Waals surface area contributed by atoms with Crippen molar-refractivity contribution in [1.82, 2.24) is 9.97 Å². The van der Waals surface area contributed by atoms with Gasteiger partial charge in [0.1, 0.15) is 23.6 Å². The monoisotopic (exact) mass is 358 g/mol. The summed E-state index contributed by atoms with van der Waals surface area (Å²) in [5.74, 6) is 0.857. The first-order valence-electron chi connectivity index (χ1n) is 7.51. The van der Waals surface area contributed by atoms with E-state index in [1.165, 1.54) is 18.5 Å². The van der Waals surface area contributed by atoms with Crippen molar-refractivity contribution in [3.05, 3.63) is 64.7 Å². The number of hydrogen-bond donors (Lipinski definition) is 2. The van der Waals surface area contributed by atoms with E-state index in [0.29, 0.717) is 22.3 Å². The number of nitrogen functional groups attached to an aromatic ring is 1. The first kappa shape index (κ1) is 17.0. The Labute approximate surface area is 149 Å². The van der Waals surface area contributed by atoms with Crippen LogP contribution in [0.3, 0.4) is 0 Å². The molecule has 0 spiro atoms. The molecule has 0 aliphatic rings. The third-order valence-electron chi connectivity index (χ3n) is 3.58. The zero-order valence-corrected chi connectivity index (χ0v) is 14.4. The predicted octanol–water partition coefficient (Wildman–Crippen LogP) is 5.00. The molecule has 2 aromatic carbocycles. The number of aromatic nitrogens is 2. The normalized spacial score (nSPS) is 10.6. The number of ether oxygens (including phenoxy) is 1. The summed E-state index contributed by atoms with van der Waals surface area (Å²) in [4.78, 5) is 8.19. The van der Waals surface area contributed by atoms with Gasteiger partial charge < -0.3 is 15.8 Å². The van der Waals surface area contributed by atoms with Crippen LogP contribution >= 0.6 is 11.6 Å². The van der Waals surface area contributed by atoms with E-state index in [4.69, 9.17) is 22.1 Å². The van der Waals surface area contributed by atoms with Crippen LogP contribution in [0.25, 0.3) is 0 Å². The van der Waals surface area contributed by atoms with E-state index in [9.17, 15) is 4.39 Å². The van der Waals surface area contributed by atoms with Crippen molar-refractivity contribution in [1.29, 1.82) is 0 Å². The largest absolute Gasteiger partial charge is 0.437 e. The van der Waals surface area contributed by atoms with E-state index in [0.717, 1.165) is 11.1 Å². The van der Waals surface area contributed by atoms with Crippen molar-refractivity contribution >= 4 is 28.8 Å². The van der Waals surface area contributed by atoms with Gasteiger partial charge in [0.15, 0.2) is 5.82 Å². The molecule has 3 aromatic rings. The molecule has 0 atom stereocenters. The third kappa shape index (κ3) is 3.80. The lowest BCUT2D eigenvalue weighted by Crippen LogP contribution is -2.03. The SMILES string of the molecule is Cc1cc(Oc2ncnc(Nc3ccc(F)cc3)c2N)cc(C)c1Cl. The lowest BCUT2D eigenvalue weighted by Gasteiger charge is -2.13. The molecule has 0 aliphatic carbocycles. The fraction of sp³-hybridized carbons (Fsp3) is 0.111. The molecule has 0 amide bonds. The molecular formula is C18H16ClFN4O. The summed E-state index contributed by atoms with van der Waals surface area (Å²) in [7, 11) is 0. The minimum atomic E-state index is -0.321. The third-order valence-corrected chi connectivity index (χ3v) is 4.17. The number of hydrogen-bond acceptors (Lipinski definition) is 5. The second-order valence-corrected chi connectivity index (χ2v) is 5.92. The average Bonchev–Trinajstić information content (AvgIpc) is 2.58. The van der Waals surface area contributed by atoms with Crippen LogP contribution in [0.5, 0.6) is 11.6 Å². The van der Waals surface area contributed by atoms with Gasteiger partial charge in [-0.05, 0) is 61.4 Å². The van der Waals surface area contributed by atoms with Crippen LogP contribution in [0.2, 0.25) is 5.02 Å². The summed E-state index contributed by atoms with van der Waals surface area (Å²) in [5.41, 5.74) is 8.79. The molecule has 3 N–H and O–H groups in total. The zero-order chi connectivity index (χ0) is 18.0. The Morgan fingerprint density at radius 1 is 1.08 bits per heavy atom. The molecule has 1 aromatic heterocycles. The highest BCUT2D eigenvalue weighted by Gasteiger charge is 2.12. The highest BCUT2D eigenvalue weighted by Crippen LogP contribution is 2.33. The Kier molecular flexibility index (Phi) is 4.72. The highest BCUT2D eigenvalue weighted by atomic mass is 35.5. The predicted molar refractivity (Wildman–Crippen MR) is 97.1 cm³/mol. The molecule has 0 aliphatic heterocycles. The number of anilines is 3. The Hall–Kier alpha value is -2.86. The van der Waals surface area contributed by atoms with Crippen LogP contribution < -0.4 is 15.8 Å². The fourth-order valence-electron chi connectivity index (χ4n) is 2.31. The Morgan fingerprint density at radius 2 is 1.72 bits per heavy atom. The van der Waals surface area contributed by atoms with Gasteiger partial charge in [0.05, 0.1) is 0 Å². The molecule has 7 heteroatoms. The van der Waals surface area contributed by atoms with Gasteiger partial charge in [-0.3, -0.25) is 0 Å². The quantitative estimate of drug-likeness (QED) is 0.686. The summed E-state index contributed by atoms with van der Waals surface area (Å²) in [6, 6.07) is 9.48. The van der Waals surface area contributed by atoms with Crippen molar-refractivity contribution in [3.8, 4) is 11.6 Å². The number of nitrogens with one attached hydrogen (secondary N) is 1. The van der Waals surface area contributed by atoms with E-state index in [2.05, 4.69) is 15.3 Å². The molecule has 0 unspecified atom stereocenters. The van der Waals surface area contributed by atoms with Crippen molar-refractivity contribution < 1.29 is 9.13 Å². The van der Waals surface area contributed by atoms with E-state index < -0.39 is 0 Å². The first-order chi connectivity index (χ1) is 11.9. The van der Waals surface area contributed by atoms with Gasteiger partial charge in [0.2, 0.25) is 5.88 Å². The average molecular weight is 359 g/mol. The molecule has 25 heavy (non-hydrogen) atoms. The molecule has 0 bridgehead atoms. The van der Waals surface area contributed by atoms with E-state index in [1.54, 1.807) is 12.1 Å². The van der Waals surface area contributed by atoms with Crippen molar-refractivity contribution in [2.75, 3.05) is 11.1 Å². The zero-order valence-electron chi connectivity index (χ0n) is 13.7. The summed E-state index contributed by atoms with van der Waals surface area (Å²) >= 11 is 6.17. The maximum atomic E-state index is 13.0. The maximum Gasteiger partial charge on any atom is 0.248 e. The summed E-state index contributed by atoms with van der Waals surface area (Å²) in [6.45, 7) is 3.79. The van der Waals surface area contributed by atoms with Crippen LogP contribution in [0.15, 0.2) is 42.7 Å². The Balaban J connectivity index is 1.87. The van der Waals surface area contributed by atoms with Crippen LogP contribution in [0.4, 0.5) is 21.6 Å². The molecule has 5 nitrogen and oxygen atoms in total. The first-order valence-corrected chi connectivity index (χ1v) is 7.89. The van der Waals surface area contributed by atoms with E-state index >= 15 is 0 Å². The molecule has 3 rings (SSSR count). The minimum absolute atomic E-state index is 0.223. The number of benzene rings is 2. The molecular weight excluding hydrogens is 343 g/mol. The lowest BCUT2D eigenvalue weighted by molar-refractivity contribution is 0.464. The summed E-state index contributed by atoms with van der Waals surface area (Å²) < 4.78 is 18.8. The van der Waals surface area contributed by atoms with Crippen LogP contribution in [-0.2, 0) is 0 Å². The Bertz CT molecular complexity index is 892. The van der Waals surface area contributed by atoms with Gasteiger partial charge in [-0.2, -0.15) is 4.98 Å². The topological polar surface area (TPSA) is 73.1 Å². The van der Waals surface area contributed by atoms with Crippen molar-refractivity contribution in [2.45, 2.75) is 13.8 Å². The van der Waals surface area contributed by atoms with E-state index in [1.807, 2.05) is 26.0 Å². The van der Waals surface area contributed by atoms with Gasteiger partial charge in [-0.1, -0.05) is 11.6 Å². The van der Waals surface area contributed by atoms with Gasteiger partial charge in [0, 0.05) is 10.7 Å². The molecule has 0 saturated heterocycles. The molecule has 1 heterocycles. The molecule has 0 fully saturated rings. The van der Waals surface area contributed by atoms with Crippen LogP contribution in [0.1, 0.15) is 11.1 Å². The lowest BCUT2D eigenvalue weighted by atomic mass is 10.1. The number of aryl methyl sites for hydroxylation is 2. The van der Waals surface area contributed by atoms with Gasteiger partial charge in [-0.15, -0.1) is 0 Å². The van der Waals surface area contributed by atoms with Crippen LogP contribution in [0, 0.1) is 19.7 Å². The summed E-state index contributed by atoms with van der Waals surface area (Å²) in [6.07, 6.45) is 1.34. The van der Waals surface area contributed by atoms with Crippen molar-refractivity contribution in [3.63, 3.8) is 0 Å². The summed E-state index contributed by atoms with van der Waals surface area (Å²) in [5, 5.41) is 3.71. The second kappa shape index (κ2) is 6.94. The number of halogens is 2. The number of nitrogens with two attached hydrogens (primary N) is 1. The Morgan fingerprint density at radius 3 is 2.36 bits per heavy atom. The maximum absolute atomic E-state index is 13.0. The number of nitrogens with zero attached hydrogens (tertiary/aromatic N) is 2. The second-order valence-electron chi connectivity index (χ2n) is 5.55. The smallest absolute Gasteiger partial charge is 0.248 e. The van der Waals surface area contributed by atoms with E-state index in [-0.39, 0.29) is 17.4 Å². The van der Waals surface area contributed by atoms with Gasteiger partial charge >= 0.3 is 0 Å². The molecule has 0 saturated carbocycles. The fourth-order valence-corrected chi connectivity index (χ4v) is 2.42. The highest BCUT2D eigenvalue weighted by molar-refractivity contribution is 6.32. The van der Waals surface area contributed by atoms with Gasteiger partial charge in [-0.25, -0.2) is 9.37 Å². The minimum Gasteiger partial charge on any atom is -0.437 e. The standard InChI is InChI=1S/C18H16ClFN4O/c1-10-7-14(8-11(2)15(10)19)25-18-16(21)17(22-9-23-18)24-13-5-3-12(20)4-6-13/h3-9H,21H2,1-2H3,(H,22,23,24). The number of rotatable bonds is 4. The van der Waals surface area contributed by atoms with Crippen LogP contribution in [-0.4, -0.2) is 9.97 Å². The molecule has 128 valence electrons. The van der Waals surface area contributed by atoms with Crippen molar-refractivity contribution in [2.24, 2.45) is 0 Å².